The standard InChI is InChI=1S/C43H40N6O8/c1-47-36-12-13-44-23-35(36)32-7-4-26(18-38(32)47)27-5-11-40(45-22-27)57-30-19-29(20-30)55-16-3-2-15-54-17-14-48-24-31(25-48)56-28-6-8-33-34(21-28)43(53)49(42(33)52)37-9-10-39(50)46-41(37)51/h4-8,11-13,18,21-23,29-31,37H,9-10,14-17,19-20,24-25H2,1H3,(H,46,50,51)/t29-,30-,37?. The Kier molecular flexibility index (Phi) is 9.87. The number of carbonyl (C=O) groups is 4. The second kappa shape index (κ2) is 15.4. The van der Waals surface area contributed by atoms with Crippen molar-refractivity contribution in [2.75, 3.05) is 39.5 Å². The third kappa shape index (κ3) is 7.33. The van der Waals surface area contributed by atoms with Gasteiger partial charge in [-0.25, -0.2) is 4.98 Å². The molecule has 1 atom stereocenters. The predicted octanol–water partition coefficient (Wildman–Crippen LogP) is 3.90. The molecule has 0 spiro atoms. The second-order valence-electron chi connectivity index (χ2n) is 14.8. The van der Waals surface area contributed by atoms with Crippen LogP contribution >= 0.6 is 0 Å². The number of pyridine rings is 2. The molecule has 1 N–H and O–H groups in total. The average molecular weight is 769 g/mol. The lowest BCUT2D eigenvalue weighted by Gasteiger charge is -2.38. The average Bonchev–Trinajstić information content (AvgIpc) is 3.61. The van der Waals surface area contributed by atoms with Crippen molar-refractivity contribution >= 4 is 45.4 Å². The minimum atomic E-state index is -0.999. The van der Waals surface area contributed by atoms with Gasteiger partial charge in [-0.1, -0.05) is 24.0 Å². The topological polar surface area (TPSA) is 154 Å². The fraction of sp³-hybridized carbons (Fsp3) is 0.349. The first-order chi connectivity index (χ1) is 27.8. The number of hydrogen-bond acceptors (Lipinski definition) is 11. The summed E-state index contributed by atoms with van der Waals surface area (Å²) >= 11 is 0. The van der Waals surface area contributed by atoms with E-state index in [1.54, 1.807) is 18.2 Å². The van der Waals surface area contributed by atoms with Gasteiger partial charge in [0.25, 0.3) is 11.8 Å². The van der Waals surface area contributed by atoms with Crippen LogP contribution in [0.4, 0.5) is 0 Å². The lowest BCUT2D eigenvalue weighted by Crippen LogP contribution is -2.54. The second-order valence-corrected chi connectivity index (χ2v) is 14.8. The summed E-state index contributed by atoms with van der Waals surface area (Å²) in [4.78, 5) is 61.8. The van der Waals surface area contributed by atoms with Gasteiger partial charge in [0.05, 0.1) is 29.4 Å². The van der Waals surface area contributed by atoms with Crippen LogP contribution in [0.1, 0.15) is 46.4 Å². The zero-order chi connectivity index (χ0) is 39.0. The molecule has 14 heteroatoms. The highest BCUT2D eigenvalue weighted by Crippen LogP contribution is 2.34. The van der Waals surface area contributed by atoms with Crippen molar-refractivity contribution in [1.82, 2.24) is 29.7 Å². The summed E-state index contributed by atoms with van der Waals surface area (Å²) in [5, 5.41) is 4.53. The molecule has 6 heterocycles. The molecule has 3 aromatic heterocycles. The number of fused-ring (bicyclic) bond motifs is 4. The molecule has 3 aliphatic heterocycles. The maximum absolute atomic E-state index is 13.1. The normalized spacial score (nSPS) is 20.9. The number of carbonyl (C=O) groups excluding carboxylic acids is 4. The molecule has 14 nitrogen and oxygen atoms in total. The summed E-state index contributed by atoms with van der Waals surface area (Å²) in [6.07, 6.45) is 7.48. The van der Waals surface area contributed by atoms with E-state index in [0.717, 1.165) is 51.8 Å². The van der Waals surface area contributed by atoms with Gasteiger partial charge in [0.2, 0.25) is 17.7 Å². The first kappa shape index (κ1) is 36.5. The summed E-state index contributed by atoms with van der Waals surface area (Å²) in [6.45, 7) is 3.32. The summed E-state index contributed by atoms with van der Waals surface area (Å²) in [5.74, 6) is 4.98. The molecular weight excluding hydrogens is 729 g/mol. The highest BCUT2D eigenvalue weighted by molar-refractivity contribution is 6.23. The summed E-state index contributed by atoms with van der Waals surface area (Å²) in [7, 11) is 2.08. The van der Waals surface area contributed by atoms with Gasteiger partial charge in [0.1, 0.15) is 37.2 Å². The number of aromatic nitrogens is 3. The van der Waals surface area contributed by atoms with Crippen molar-refractivity contribution in [3.63, 3.8) is 0 Å². The van der Waals surface area contributed by atoms with E-state index in [9.17, 15) is 19.2 Å². The molecular formula is C43H40N6O8. The first-order valence-corrected chi connectivity index (χ1v) is 19.1. The van der Waals surface area contributed by atoms with E-state index < -0.39 is 29.7 Å². The van der Waals surface area contributed by atoms with Crippen LogP contribution in [-0.2, 0) is 26.1 Å². The van der Waals surface area contributed by atoms with Crippen molar-refractivity contribution in [1.29, 1.82) is 0 Å². The molecule has 0 bridgehead atoms. The highest BCUT2D eigenvalue weighted by Gasteiger charge is 2.45. The molecule has 3 fully saturated rings. The van der Waals surface area contributed by atoms with E-state index >= 15 is 0 Å². The molecule has 9 rings (SSSR count). The number of ether oxygens (including phenoxy) is 4. The minimum absolute atomic E-state index is 0.0621. The van der Waals surface area contributed by atoms with Gasteiger partial charge in [-0.2, -0.15) is 0 Å². The summed E-state index contributed by atoms with van der Waals surface area (Å²) < 4.78 is 25.9. The Hall–Kier alpha value is -6.14. The smallest absolute Gasteiger partial charge is 0.262 e. The molecule has 2 aromatic carbocycles. The maximum Gasteiger partial charge on any atom is 0.262 e. The zero-order valence-electron chi connectivity index (χ0n) is 31.3. The Morgan fingerprint density at radius 2 is 1.63 bits per heavy atom. The number of hydrogen-bond donors (Lipinski definition) is 1. The third-order valence-corrected chi connectivity index (χ3v) is 11.1. The van der Waals surface area contributed by atoms with E-state index in [-0.39, 0.29) is 42.3 Å². The molecule has 1 aliphatic carbocycles. The van der Waals surface area contributed by atoms with E-state index in [4.69, 9.17) is 18.9 Å². The van der Waals surface area contributed by atoms with E-state index in [1.165, 1.54) is 5.39 Å². The Bertz CT molecular complexity index is 2460. The molecule has 4 amide bonds. The molecule has 4 aliphatic rings. The van der Waals surface area contributed by atoms with Crippen LogP contribution in [-0.4, -0.2) is 112 Å². The van der Waals surface area contributed by atoms with Crippen LogP contribution in [0.2, 0.25) is 0 Å². The fourth-order valence-corrected chi connectivity index (χ4v) is 7.85. The number of aryl methyl sites for hydroxylation is 1. The van der Waals surface area contributed by atoms with Crippen molar-refractivity contribution in [2.24, 2.45) is 7.05 Å². The SMILES string of the molecule is Cn1c2ccncc2c2ccc(-c3ccc(O[C@H]4C[C@H](OCC#CCOCCN5CC(Oc6ccc7c(c6)C(=O)N(C6CCC(=O)NC6=O)C7=O)C5)C4)nc3)cc21. The van der Waals surface area contributed by atoms with Crippen LogP contribution in [0.5, 0.6) is 11.6 Å². The van der Waals surface area contributed by atoms with Gasteiger partial charge in [-0.3, -0.25) is 39.3 Å². The first-order valence-electron chi connectivity index (χ1n) is 19.1. The van der Waals surface area contributed by atoms with Gasteiger partial charge < -0.3 is 23.5 Å². The van der Waals surface area contributed by atoms with Crippen molar-refractivity contribution in [2.45, 2.75) is 50.0 Å². The highest BCUT2D eigenvalue weighted by atomic mass is 16.5. The minimum Gasteiger partial charge on any atom is -0.488 e. The van der Waals surface area contributed by atoms with Gasteiger partial charge in [-0.05, 0) is 48.4 Å². The zero-order valence-corrected chi connectivity index (χ0v) is 31.3. The monoisotopic (exact) mass is 768 g/mol. The van der Waals surface area contributed by atoms with E-state index in [1.807, 2.05) is 36.8 Å². The van der Waals surface area contributed by atoms with Gasteiger partial charge in [0, 0.05) is 92.5 Å². The summed E-state index contributed by atoms with van der Waals surface area (Å²) in [5.41, 5.74) is 4.86. The van der Waals surface area contributed by atoms with E-state index in [0.29, 0.717) is 44.5 Å². The number of imide groups is 2. The van der Waals surface area contributed by atoms with Crippen LogP contribution < -0.4 is 14.8 Å². The quantitative estimate of drug-likeness (QED) is 0.112. The number of benzene rings is 2. The Morgan fingerprint density at radius 1 is 0.807 bits per heavy atom. The molecule has 5 aromatic rings. The molecule has 0 radical (unpaired) electrons. The largest absolute Gasteiger partial charge is 0.488 e. The van der Waals surface area contributed by atoms with Gasteiger partial charge in [-0.15, -0.1) is 0 Å². The Balaban J connectivity index is 0.636. The van der Waals surface area contributed by atoms with Crippen molar-refractivity contribution in [3.8, 4) is 34.6 Å². The number of nitrogens with zero attached hydrogens (tertiary/aromatic N) is 5. The number of amides is 4. The molecule has 1 saturated carbocycles. The van der Waals surface area contributed by atoms with Gasteiger partial charge in [0.15, 0.2) is 0 Å². The van der Waals surface area contributed by atoms with Crippen LogP contribution in [0, 0.1) is 11.8 Å². The molecule has 1 unspecified atom stereocenters. The summed E-state index contributed by atoms with van der Waals surface area (Å²) in [6, 6.07) is 16.2. The van der Waals surface area contributed by atoms with Gasteiger partial charge >= 0.3 is 0 Å². The fourth-order valence-electron chi connectivity index (χ4n) is 7.85. The number of piperidine rings is 1. The lowest BCUT2D eigenvalue weighted by molar-refractivity contribution is -0.136. The number of likely N-dealkylation sites (tertiary alicyclic amines) is 1. The van der Waals surface area contributed by atoms with Crippen LogP contribution in [0.25, 0.3) is 32.9 Å². The van der Waals surface area contributed by atoms with Crippen molar-refractivity contribution in [3.05, 3.63) is 84.3 Å². The maximum atomic E-state index is 13.1. The van der Waals surface area contributed by atoms with Crippen LogP contribution in [0.3, 0.4) is 0 Å². The Morgan fingerprint density at radius 3 is 2.46 bits per heavy atom. The van der Waals surface area contributed by atoms with Crippen LogP contribution in [0.15, 0.2) is 73.2 Å². The number of nitrogens with one attached hydrogen (secondary N) is 1. The molecule has 57 heavy (non-hydrogen) atoms. The van der Waals surface area contributed by atoms with Crippen molar-refractivity contribution < 1.29 is 38.1 Å². The predicted molar refractivity (Wildman–Crippen MR) is 207 cm³/mol. The third-order valence-electron chi connectivity index (χ3n) is 11.1. The van der Waals surface area contributed by atoms with E-state index in [2.05, 4.69) is 61.8 Å². The Labute approximate surface area is 328 Å². The number of rotatable bonds is 12. The molecule has 290 valence electrons. The lowest BCUT2D eigenvalue weighted by atomic mass is 9.92. The molecule has 2 saturated heterocycles.